The summed E-state index contributed by atoms with van der Waals surface area (Å²) in [4.78, 5) is 2.36. The van der Waals surface area contributed by atoms with Gasteiger partial charge in [0.2, 0.25) is 0 Å². The van der Waals surface area contributed by atoms with Crippen LogP contribution in [0.1, 0.15) is 12.8 Å². The van der Waals surface area contributed by atoms with Gasteiger partial charge in [-0.1, -0.05) is 6.07 Å². The fourth-order valence-electron chi connectivity index (χ4n) is 2.12. The normalized spacial score (nSPS) is 16.4. The van der Waals surface area contributed by atoms with E-state index in [9.17, 15) is 4.39 Å². The maximum absolute atomic E-state index is 12.0. The summed E-state index contributed by atoms with van der Waals surface area (Å²) in [5.41, 5.74) is 1.19. The lowest BCUT2D eigenvalue weighted by Crippen LogP contribution is -2.27. The Morgan fingerprint density at radius 3 is 3.11 bits per heavy atom. The highest BCUT2D eigenvalue weighted by molar-refractivity contribution is 5.50. The first-order valence-corrected chi connectivity index (χ1v) is 6.64. The maximum Gasteiger partial charge on any atom is 0.121 e. The first-order valence-electron chi connectivity index (χ1n) is 6.64. The third kappa shape index (κ3) is 3.88. The smallest absolute Gasteiger partial charge is 0.121 e. The SMILES string of the molecule is FCCCOc1cccc(N2CCCNCC2)c1. The zero-order chi connectivity index (χ0) is 12.6. The second-order valence-electron chi connectivity index (χ2n) is 4.48. The summed E-state index contributed by atoms with van der Waals surface area (Å²) in [6.45, 7) is 4.32. The topological polar surface area (TPSA) is 24.5 Å². The molecule has 2 rings (SSSR count). The molecule has 1 N–H and O–H groups in total. The minimum Gasteiger partial charge on any atom is -0.493 e. The van der Waals surface area contributed by atoms with Gasteiger partial charge >= 0.3 is 0 Å². The fraction of sp³-hybridized carbons (Fsp3) is 0.571. The molecule has 1 aliphatic rings. The fourth-order valence-corrected chi connectivity index (χ4v) is 2.12. The lowest BCUT2D eigenvalue weighted by atomic mass is 10.2. The van der Waals surface area contributed by atoms with Crippen molar-refractivity contribution in [2.75, 3.05) is 44.4 Å². The molecule has 0 saturated carbocycles. The van der Waals surface area contributed by atoms with Crippen LogP contribution in [0.3, 0.4) is 0 Å². The molecule has 3 nitrogen and oxygen atoms in total. The highest BCUT2D eigenvalue weighted by Gasteiger charge is 2.09. The summed E-state index contributed by atoms with van der Waals surface area (Å²) >= 11 is 0. The number of halogens is 1. The Morgan fingerprint density at radius 1 is 1.28 bits per heavy atom. The maximum atomic E-state index is 12.0. The Balaban J connectivity index is 1.96. The molecule has 100 valence electrons. The predicted molar refractivity (Wildman–Crippen MR) is 72.2 cm³/mol. The Hall–Kier alpha value is -1.29. The van der Waals surface area contributed by atoms with E-state index in [0.29, 0.717) is 13.0 Å². The van der Waals surface area contributed by atoms with Gasteiger partial charge in [-0.15, -0.1) is 0 Å². The number of benzene rings is 1. The molecule has 0 spiro atoms. The molecule has 0 aliphatic carbocycles. The quantitative estimate of drug-likeness (QED) is 0.813. The van der Waals surface area contributed by atoms with E-state index in [1.54, 1.807) is 0 Å². The van der Waals surface area contributed by atoms with Gasteiger partial charge in [-0.05, 0) is 25.1 Å². The highest BCUT2D eigenvalue weighted by atomic mass is 19.1. The van der Waals surface area contributed by atoms with E-state index in [-0.39, 0.29) is 6.67 Å². The molecule has 1 aromatic carbocycles. The Bertz CT molecular complexity index is 351. The van der Waals surface area contributed by atoms with Crippen LogP contribution >= 0.6 is 0 Å². The zero-order valence-corrected chi connectivity index (χ0v) is 10.7. The van der Waals surface area contributed by atoms with E-state index >= 15 is 0 Å². The lowest BCUT2D eigenvalue weighted by Gasteiger charge is -2.22. The van der Waals surface area contributed by atoms with Crippen molar-refractivity contribution in [1.82, 2.24) is 5.32 Å². The Morgan fingerprint density at radius 2 is 2.22 bits per heavy atom. The van der Waals surface area contributed by atoms with Crippen molar-refractivity contribution in [2.24, 2.45) is 0 Å². The van der Waals surface area contributed by atoms with Crippen LogP contribution in [0.25, 0.3) is 0 Å². The summed E-state index contributed by atoms with van der Waals surface area (Å²) in [5.74, 6) is 0.832. The van der Waals surface area contributed by atoms with Crippen LogP contribution < -0.4 is 15.0 Å². The first kappa shape index (κ1) is 13.1. The third-order valence-corrected chi connectivity index (χ3v) is 3.07. The average Bonchev–Trinajstić information content (AvgIpc) is 2.68. The van der Waals surface area contributed by atoms with Gasteiger partial charge in [0.05, 0.1) is 13.3 Å². The van der Waals surface area contributed by atoms with Crippen molar-refractivity contribution in [3.63, 3.8) is 0 Å². The van der Waals surface area contributed by atoms with E-state index in [1.807, 2.05) is 18.2 Å². The van der Waals surface area contributed by atoms with Gasteiger partial charge in [-0.3, -0.25) is 4.39 Å². The first-order chi connectivity index (χ1) is 8.90. The van der Waals surface area contributed by atoms with Gasteiger partial charge in [-0.2, -0.15) is 0 Å². The van der Waals surface area contributed by atoms with Crippen molar-refractivity contribution < 1.29 is 9.13 Å². The molecular formula is C14H21FN2O. The van der Waals surface area contributed by atoms with Crippen molar-refractivity contribution >= 4 is 5.69 Å². The summed E-state index contributed by atoms with van der Waals surface area (Å²) < 4.78 is 17.5. The number of nitrogens with one attached hydrogen (secondary N) is 1. The van der Waals surface area contributed by atoms with Gasteiger partial charge in [0.25, 0.3) is 0 Å². The van der Waals surface area contributed by atoms with Crippen LogP contribution in [-0.2, 0) is 0 Å². The van der Waals surface area contributed by atoms with Crippen LogP contribution in [0.4, 0.5) is 10.1 Å². The summed E-state index contributed by atoms with van der Waals surface area (Å²) in [6.07, 6.45) is 1.62. The van der Waals surface area contributed by atoms with Crippen LogP contribution in [-0.4, -0.2) is 39.5 Å². The highest BCUT2D eigenvalue weighted by Crippen LogP contribution is 2.21. The Labute approximate surface area is 108 Å². The van der Waals surface area contributed by atoms with E-state index < -0.39 is 0 Å². The number of nitrogens with zero attached hydrogens (tertiary/aromatic N) is 1. The number of alkyl halides is 1. The van der Waals surface area contributed by atoms with Gasteiger partial charge in [0.15, 0.2) is 0 Å². The van der Waals surface area contributed by atoms with Gasteiger partial charge < -0.3 is 15.0 Å². The molecule has 1 saturated heterocycles. The molecular weight excluding hydrogens is 231 g/mol. The summed E-state index contributed by atoms with van der Waals surface area (Å²) in [5, 5.41) is 3.39. The van der Waals surface area contributed by atoms with Crippen LogP contribution in [0.15, 0.2) is 24.3 Å². The number of ether oxygens (including phenoxy) is 1. The van der Waals surface area contributed by atoms with E-state index in [2.05, 4.69) is 16.3 Å². The van der Waals surface area contributed by atoms with Crippen molar-refractivity contribution in [2.45, 2.75) is 12.8 Å². The standard InChI is InChI=1S/C14H21FN2O/c15-6-2-11-18-14-5-1-4-13(12-14)17-9-3-7-16-8-10-17/h1,4-5,12,16H,2-3,6-11H2. The number of hydrogen-bond acceptors (Lipinski definition) is 3. The largest absolute Gasteiger partial charge is 0.493 e. The second kappa shape index (κ2) is 7.21. The van der Waals surface area contributed by atoms with E-state index in [4.69, 9.17) is 4.74 Å². The summed E-state index contributed by atoms with van der Waals surface area (Å²) in [7, 11) is 0. The van der Waals surface area contributed by atoms with Crippen molar-refractivity contribution in [3.05, 3.63) is 24.3 Å². The van der Waals surface area contributed by atoms with E-state index in [0.717, 1.165) is 38.3 Å². The molecule has 0 unspecified atom stereocenters. The molecule has 18 heavy (non-hydrogen) atoms. The van der Waals surface area contributed by atoms with Crippen LogP contribution in [0.2, 0.25) is 0 Å². The second-order valence-corrected chi connectivity index (χ2v) is 4.48. The number of hydrogen-bond donors (Lipinski definition) is 1. The van der Waals surface area contributed by atoms with E-state index in [1.165, 1.54) is 5.69 Å². The molecule has 0 aromatic heterocycles. The predicted octanol–water partition coefficient (Wildman–Crippen LogP) is 2.22. The average molecular weight is 252 g/mol. The van der Waals surface area contributed by atoms with Crippen LogP contribution in [0, 0.1) is 0 Å². The van der Waals surface area contributed by atoms with Gasteiger partial charge in [-0.25, -0.2) is 0 Å². The Kier molecular flexibility index (Phi) is 5.27. The molecule has 0 bridgehead atoms. The molecule has 1 aromatic rings. The molecule has 0 radical (unpaired) electrons. The lowest BCUT2D eigenvalue weighted by molar-refractivity contribution is 0.289. The van der Waals surface area contributed by atoms with Gasteiger partial charge in [0, 0.05) is 37.8 Å². The number of rotatable bonds is 5. The molecule has 0 amide bonds. The summed E-state index contributed by atoms with van der Waals surface area (Å²) in [6, 6.07) is 8.08. The minimum absolute atomic E-state index is 0.322. The molecule has 1 aliphatic heterocycles. The zero-order valence-electron chi connectivity index (χ0n) is 10.7. The van der Waals surface area contributed by atoms with Crippen LogP contribution in [0.5, 0.6) is 5.75 Å². The molecule has 1 fully saturated rings. The minimum atomic E-state index is -0.322. The van der Waals surface area contributed by atoms with Gasteiger partial charge in [0.1, 0.15) is 5.75 Å². The monoisotopic (exact) mass is 252 g/mol. The number of anilines is 1. The third-order valence-electron chi connectivity index (χ3n) is 3.07. The van der Waals surface area contributed by atoms with Crippen molar-refractivity contribution in [3.8, 4) is 5.75 Å². The molecule has 0 atom stereocenters. The van der Waals surface area contributed by atoms with Crippen molar-refractivity contribution in [1.29, 1.82) is 0 Å². The molecule has 4 heteroatoms. The molecule has 1 heterocycles.